The summed E-state index contributed by atoms with van der Waals surface area (Å²) in [6.07, 6.45) is 1.45. The zero-order valence-corrected chi connectivity index (χ0v) is 15.0. The largest absolute Gasteiger partial charge is 0.396 e. The van der Waals surface area contributed by atoms with Gasteiger partial charge >= 0.3 is 0 Å². The summed E-state index contributed by atoms with van der Waals surface area (Å²) in [7, 11) is 3.99. The minimum Gasteiger partial charge on any atom is -0.396 e. The molecule has 0 spiro atoms. The van der Waals surface area contributed by atoms with E-state index in [0.29, 0.717) is 18.5 Å². The van der Waals surface area contributed by atoms with Crippen LogP contribution in [0.2, 0.25) is 0 Å². The lowest BCUT2D eigenvalue weighted by Crippen LogP contribution is -2.13. The molecule has 5 heteroatoms. The predicted octanol–water partition coefficient (Wildman–Crippen LogP) is 2.57. The van der Waals surface area contributed by atoms with Gasteiger partial charge in [0.2, 0.25) is 0 Å². The van der Waals surface area contributed by atoms with Crippen molar-refractivity contribution in [3.63, 3.8) is 0 Å². The average molecular weight is 329 g/mol. The van der Waals surface area contributed by atoms with Crippen LogP contribution >= 0.6 is 0 Å². The topological polar surface area (TPSA) is 71.5 Å². The van der Waals surface area contributed by atoms with Crippen LogP contribution in [0.3, 0.4) is 0 Å². The summed E-state index contributed by atoms with van der Waals surface area (Å²) in [5.41, 5.74) is 11.3. The molecule has 2 rings (SSSR count). The van der Waals surface area contributed by atoms with E-state index in [0.717, 1.165) is 34.6 Å². The lowest BCUT2D eigenvalue weighted by molar-refractivity contribution is 0.1000. The van der Waals surface area contributed by atoms with Gasteiger partial charge in [-0.25, -0.2) is 0 Å². The number of carbonyl (C=O) groups is 1. The molecule has 0 aliphatic carbocycles. The third kappa shape index (κ3) is 3.31. The van der Waals surface area contributed by atoms with Gasteiger partial charge in [-0.1, -0.05) is 19.1 Å². The Labute approximate surface area is 143 Å². The molecule has 0 aliphatic heterocycles. The van der Waals surface area contributed by atoms with E-state index < -0.39 is 5.91 Å². The first-order valence-corrected chi connectivity index (χ1v) is 8.32. The highest BCUT2D eigenvalue weighted by molar-refractivity contribution is 6.02. The number of rotatable bonds is 7. The number of primary amides is 1. The molecule has 24 heavy (non-hydrogen) atoms. The van der Waals surface area contributed by atoms with Crippen LogP contribution in [0.25, 0.3) is 11.1 Å². The molecule has 0 fully saturated rings. The summed E-state index contributed by atoms with van der Waals surface area (Å²) >= 11 is 0. The van der Waals surface area contributed by atoms with Crippen molar-refractivity contribution in [1.82, 2.24) is 4.57 Å². The van der Waals surface area contributed by atoms with Gasteiger partial charge in [-0.2, -0.15) is 0 Å². The summed E-state index contributed by atoms with van der Waals surface area (Å²) in [5.74, 6) is -0.406. The predicted molar refractivity (Wildman–Crippen MR) is 98.5 cm³/mol. The van der Waals surface area contributed by atoms with Crippen molar-refractivity contribution in [2.45, 2.75) is 33.2 Å². The highest BCUT2D eigenvalue weighted by Gasteiger charge is 2.23. The Kier molecular flexibility index (Phi) is 5.67. The summed E-state index contributed by atoms with van der Waals surface area (Å²) in [6, 6.07) is 8.15. The number of amides is 1. The molecule has 0 atom stereocenters. The van der Waals surface area contributed by atoms with E-state index in [-0.39, 0.29) is 6.61 Å². The van der Waals surface area contributed by atoms with Crippen LogP contribution < -0.4 is 10.6 Å². The van der Waals surface area contributed by atoms with Crippen LogP contribution in [-0.4, -0.2) is 36.3 Å². The van der Waals surface area contributed by atoms with Crippen molar-refractivity contribution in [1.29, 1.82) is 0 Å². The molecule has 1 amide bonds. The Morgan fingerprint density at radius 2 is 1.88 bits per heavy atom. The molecule has 0 bridgehead atoms. The Bertz CT molecular complexity index is 715. The lowest BCUT2D eigenvalue weighted by atomic mass is 9.98. The number of carbonyl (C=O) groups excluding carboxylic acids is 1. The summed E-state index contributed by atoms with van der Waals surface area (Å²) in [4.78, 5) is 14.1. The van der Waals surface area contributed by atoms with Crippen molar-refractivity contribution in [3.8, 4) is 11.1 Å². The number of benzene rings is 1. The SMILES string of the molecule is CCc1c(-c2ccc(N(C)C)cc2)c(C(N)=O)c(C)n1CCCO. The van der Waals surface area contributed by atoms with Crippen LogP contribution in [0, 0.1) is 6.92 Å². The molecule has 5 nitrogen and oxygen atoms in total. The van der Waals surface area contributed by atoms with E-state index in [1.54, 1.807) is 0 Å². The normalized spacial score (nSPS) is 10.9. The second-order valence-corrected chi connectivity index (χ2v) is 6.17. The third-order valence-corrected chi connectivity index (χ3v) is 4.42. The fraction of sp³-hybridized carbons (Fsp3) is 0.421. The Balaban J connectivity index is 2.64. The standard InChI is InChI=1S/C19H27N3O2/c1-5-16-18(14-7-9-15(10-8-14)21(3)4)17(19(20)24)13(2)22(16)11-6-12-23/h7-10,23H,5-6,11-12H2,1-4H3,(H2,20,24). The van der Waals surface area contributed by atoms with Crippen LogP contribution in [0.15, 0.2) is 24.3 Å². The first-order chi connectivity index (χ1) is 11.4. The fourth-order valence-electron chi connectivity index (χ4n) is 3.24. The fourth-order valence-corrected chi connectivity index (χ4v) is 3.24. The number of aromatic nitrogens is 1. The maximum absolute atomic E-state index is 12.1. The molecule has 1 heterocycles. The van der Waals surface area contributed by atoms with Crippen molar-refractivity contribution in [2.24, 2.45) is 5.73 Å². The van der Waals surface area contributed by atoms with E-state index in [1.165, 1.54) is 0 Å². The molecule has 1 aromatic heterocycles. The van der Waals surface area contributed by atoms with Crippen molar-refractivity contribution < 1.29 is 9.90 Å². The van der Waals surface area contributed by atoms with Gasteiger partial charge in [-0.05, 0) is 37.5 Å². The maximum Gasteiger partial charge on any atom is 0.251 e. The van der Waals surface area contributed by atoms with Gasteiger partial charge in [-0.15, -0.1) is 0 Å². The number of hydrogen-bond donors (Lipinski definition) is 2. The second kappa shape index (κ2) is 7.53. The molecule has 130 valence electrons. The molecule has 3 N–H and O–H groups in total. The van der Waals surface area contributed by atoms with Gasteiger partial charge in [0.15, 0.2) is 0 Å². The van der Waals surface area contributed by atoms with Crippen LogP contribution in [0.1, 0.15) is 35.1 Å². The van der Waals surface area contributed by atoms with E-state index in [1.807, 2.05) is 50.2 Å². The van der Waals surface area contributed by atoms with Gasteiger partial charge in [0.05, 0.1) is 5.56 Å². The monoisotopic (exact) mass is 329 g/mol. The van der Waals surface area contributed by atoms with Crippen LogP contribution in [0.5, 0.6) is 0 Å². The van der Waals surface area contributed by atoms with E-state index in [9.17, 15) is 4.79 Å². The number of nitrogens with zero attached hydrogens (tertiary/aromatic N) is 2. The third-order valence-electron chi connectivity index (χ3n) is 4.42. The smallest absolute Gasteiger partial charge is 0.251 e. The molecular weight excluding hydrogens is 302 g/mol. The summed E-state index contributed by atoms with van der Waals surface area (Å²) in [6.45, 7) is 4.81. The molecule has 0 aliphatic rings. The van der Waals surface area contributed by atoms with Gasteiger partial charge < -0.3 is 20.3 Å². The first kappa shape index (κ1) is 18.1. The summed E-state index contributed by atoms with van der Waals surface area (Å²) in [5, 5.41) is 9.16. The Morgan fingerprint density at radius 3 is 2.33 bits per heavy atom. The first-order valence-electron chi connectivity index (χ1n) is 8.32. The molecule has 1 aromatic carbocycles. The molecular formula is C19H27N3O2. The average Bonchev–Trinajstić information content (AvgIpc) is 2.84. The zero-order chi connectivity index (χ0) is 17.9. The van der Waals surface area contributed by atoms with Crippen LogP contribution in [-0.2, 0) is 13.0 Å². The Hall–Kier alpha value is -2.27. The van der Waals surface area contributed by atoms with Gasteiger partial charge in [0, 0.05) is 49.9 Å². The molecule has 2 aromatic rings. The molecule has 0 unspecified atom stereocenters. The maximum atomic E-state index is 12.1. The molecule has 0 radical (unpaired) electrons. The van der Waals surface area contributed by atoms with Crippen molar-refractivity contribution in [2.75, 3.05) is 25.6 Å². The second-order valence-electron chi connectivity index (χ2n) is 6.17. The zero-order valence-electron chi connectivity index (χ0n) is 15.0. The van der Waals surface area contributed by atoms with E-state index in [4.69, 9.17) is 10.8 Å². The minimum absolute atomic E-state index is 0.125. The highest BCUT2D eigenvalue weighted by Crippen LogP contribution is 2.34. The van der Waals surface area contributed by atoms with E-state index >= 15 is 0 Å². The lowest BCUT2D eigenvalue weighted by Gasteiger charge is -2.14. The number of aliphatic hydroxyl groups excluding tert-OH is 1. The number of aliphatic hydroxyl groups is 1. The van der Waals surface area contributed by atoms with Gasteiger partial charge in [0.25, 0.3) is 5.91 Å². The number of nitrogens with two attached hydrogens (primary N) is 1. The number of anilines is 1. The van der Waals surface area contributed by atoms with Crippen molar-refractivity contribution in [3.05, 3.63) is 41.2 Å². The molecule has 0 saturated carbocycles. The summed E-state index contributed by atoms with van der Waals surface area (Å²) < 4.78 is 2.12. The Morgan fingerprint density at radius 1 is 1.25 bits per heavy atom. The van der Waals surface area contributed by atoms with Gasteiger partial charge in [0.1, 0.15) is 0 Å². The minimum atomic E-state index is -0.406. The highest BCUT2D eigenvalue weighted by atomic mass is 16.3. The quantitative estimate of drug-likeness (QED) is 0.820. The van der Waals surface area contributed by atoms with Crippen molar-refractivity contribution >= 4 is 11.6 Å². The van der Waals surface area contributed by atoms with Gasteiger partial charge in [-0.3, -0.25) is 4.79 Å². The van der Waals surface area contributed by atoms with E-state index in [2.05, 4.69) is 11.5 Å². The van der Waals surface area contributed by atoms with Crippen LogP contribution in [0.4, 0.5) is 5.69 Å². The molecule has 0 saturated heterocycles. The number of hydrogen-bond acceptors (Lipinski definition) is 3.